The predicted molar refractivity (Wildman–Crippen MR) is 85.5 cm³/mol. The van der Waals surface area contributed by atoms with Crippen LogP contribution in [0.1, 0.15) is 64.0 Å². The topological polar surface area (TPSA) is 61.4 Å². The van der Waals surface area contributed by atoms with Crippen molar-refractivity contribution >= 4 is 11.6 Å². The van der Waals surface area contributed by atoms with Gasteiger partial charge in [-0.3, -0.25) is 4.79 Å². The number of anilines is 1. The Morgan fingerprint density at radius 1 is 1.38 bits per heavy atom. The Morgan fingerprint density at radius 2 is 2.10 bits per heavy atom. The number of benzene rings is 1. The third-order valence-corrected chi connectivity index (χ3v) is 4.10. The first-order chi connectivity index (χ1) is 10.1. The van der Waals surface area contributed by atoms with E-state index in [2.05, 4.69) is 17.6 Å². The van der Waals surface area contributed by atoms with Crippen molar-refractivity contribution in [3.8, 4) is 5.75 Å². The van der Waals surface area contributed by atoms with Crippen LogP contribution < -0.4 is 10.6 Å². The molecule has 0 bridgehead atoms. The van der Waals surface area contributed by atoms with E-state index in [0.29, 0.717) is 12.5 Å². The first-order valence-electron chi connectivity index (χ1n) is 7.99. The van der Waals surface area contributed by atoms with Gasteiger partial charge in [-0.25, -0.2) is 0 Å². The number of carbonyl (C=O) groups is 1. The quantitative estimate of drug-likeness (QED) is 0.700. The molecule has 0 spiro atoms. The van der Waals surface area contributed by atoms with Crippen molar-refractivity contribution < 1.29 is 9.90 Å². The molecule has 21 heavy (non-hydrogen) atoms. The molecule has 1 amide bonds. The normalized spacial score (nSPS) is 16.9. The van der Waals surface area contributed by atoms with E-state index < -0.39 is 0 Å². The largest absolute Gasteiger partial charge is 0.508 e. The SMILES string of the molecule is CCCC(=O)Nc1ccc(O)c(C(C)NC2CCCC2)c1. The molecule has 3 N–H and O–H groups in total. The van der Waals surface area contributed by atoms with Crippen LogP contribution in [0.2, 0.25) is 0 Å². The number of aromatic hydroxyl groups is 1. The summed E-state index contributed by atoms with van der Waals surface area (Å²) in [7, 11) is 0. The Balaban J connectivity index is 2.04. The van der Waals surface area contributed by atoms with Crippen molar-refractivity contribution in [2.45, 2.75) is 64.5 Å². The Bertz CT molecular complexity index is 482. The summed E-state index contributed by atoms with van der Waals surface area (Å²) in [5, 5.41) is 16.5. The molecule has 0 saturated heterocycles. The molecule has 0 radical (unpaired) electrons. The van der Waals surface area contributed by atoms with Gasteiger partial charge in [0.15, 0.2) is 0 Å². The first kappa shape index (κ1) is 15.8. The lowest BCUT2D eigenvalue weighted by Crippen LogP contribution is -2.29. The molecule has 1 aliphatic rings. The number of rotatable bonds is 6. The maximum Gasteiger partial charge on any atom is 0.224 e. The highest BCUT2D eigenvalue weighted by molar-refractivity contribution is 5.90. The Kier molecular flexibility index (Phi) is 5.62. The van der Waals surface area contributed by atoms with Gasteiger partial charge in [0.1, 0.15) is 5.75 Å². The second kappa shape index (κ2) is 7.46. The summed E-state index contributed by atoms with van der Waals surface area (Å²) in [4.78, 5) is 11.7. The molecule has 1 unspecified atom stereocenters. The second-order valence-corrected chi connectivity index (χ2v) is 5.94. The zero-order valence-corrected chi connectivity index (χ0v) is 13.0. The van der Waals surface area contributed by atoms with E-state index in [1.165, 1.54) is 25.7 Å². The van der Waals surface area contributed by atoms with Crippen molar-refractivity contribution in [2.75, 3.05) is 5.32 Å². The minimum Gasteiger partial charge on any atom is -0.508 e. The van der Waals surface area contributed by atoms with Gasteiger partial charge in [0.2, 0.25) is 5.91 Å². The van der Waals surface area contributed by atoms with Crippen LogP contribution in [-0.2, 0) is 4.79 Å². The molecule has 116 valence electrons. The van der Waals surface area contributed by atoms with Crippen molar-refractivity contribution in [1.29, 1.82) is 0 Å². The van der Waals surface area contributed by atoms with E-state index in [9.17, 15) is 9.90 Å². The van der Waals surface area contributed by atoms with Crippen molar-refractivity contribution in [1.82, 2.24) is 5.32 Å². The summed E-state index contributed by atoms with van der Waals surface area (Å²) in [6.07, 6.45) is 6.32. The standard InChI is InChI=1S/C17H26N2O2/c1-3-6-17(21)19-14-9-10-16(20)15(11-14)12(2)18-13-7-4-5-8-13/h9-13,18,20H,3-8H2,1-2H3,(H,19,21). The molecule has 1 aromatic rings. The molecule has 1 atom stereocenters. The van der Waals surface area contributed by atoms with Crippen LogP contribution in [-0.4, -0.2) is 17.1 Å². The monoisotopic (exact) mass is 290 g/mol. The molecule has 4 heteroatoms. The van der Waals surface area contributed by atoms with Crippen LogP contribution in [0.3, 0.4) is 0 Å². The predicted octanol–water partition coefficient (Wildman–Crippen LogP) is 3.72. The molecule has 1 fully saturated rings. The summed E-state index contributed by atoms with van der Waals surface area (Å²) in [5.74, 6) is 0.298. The summed E-state index contributed by atoms with van der Waals surface area (Å²) in [6.45, 7) is 4.04. The maximum atomic E-state index is 11.7. The van der Waals surface area contributed by atoms with Gasteiger partial charge in [-0.05, 0) is 44.4 Å². The fraction of sp³-hybridized carbons (Fsp3) is 0.588. The number of phenols is 1. The van der Waals surface area contributed by atoms with Gasteiger partial charge < -0.3 is 15.7 Å². The maximum absolute atomic E-state index is 11.7. The fourth-order valence-electron chi connectivity index (χ4n) is 2.97. The van der Waals surface area contributed by atoms with Crippen molar-refractivity contribution in [3.63, 3.8) is 0 Å². The molecular formula is C17H26N2O2. The van der Waals surface area contributed by atoms with Gasteiger partial charge in [-0.1, -0.05) is 19.8 Å². The Morgan fingerprint density at radius 3 is 2.76 bits per heavy atom. The number of amides is 1. The molecule has 0 aromatic heterocycles. The third kappa shape index (κ3) is 4.46. The summed E-state index contributed by atoms with van der Waals surface area (Å²) in [6, 6.07) is 5.89. The Labute approximate surface area is 126 Å². The second-order valence-electron chi connectivity index (χ2n) is 5.94. The fourth-order valence-corrected chi connectivity index (χ4v) is 2.97. The van der Waals surface area contributed by atoms with Gasteiger partial charge >= 0.3 is 0 Å². The number of hydrogen-bond donors (Lipinski definition) is 3. The minimum atomic E-state index is 0.0190. The molecule has 4 nitrogen and oxygen atoms in total. The van der Waals surface area contributed by atoms with Crippen LogP contribution in [0.15, 0.2) is 18.2 Å². The number of phenolic OH excluding ortho intramolecular Hbond substituents is 1. The molecule has 0 aliphatic heterocycles. The number of carbonyl (C=O) groups excluding carboxylic acids is 1. The third-order valence-electron chi connectivity index (χ3n) is 4.10. The van der Waals surface area contributed by atoms with Gasteiger partial charge in [0, 0.05) is 29.8 Å². The van der Waals surface area contributed by atoms with Crippen molar-refractivity contribution in [2.24, 2.45) is 0 Å². The molecule has 1 aromatic carbocycles. The number of nitrogens with one attached hydrogen (secondary N) is 2. The number of hydrogen-bond acceptors (Lipinski definition) is 3. The van der Waals surface area contributed by atoms with Crippen LogP contribution in [0.4, 0.5) is 5.69 Å². The highest BCUT2D eigenvalue weighted by Gasteiger charge is 2.19. The highest BCUT2D eigenvalue weighted by Crippen LogP contribution is 2.29. The van der Waals surface area contributed by atoms with Crippen molar-refractivity contribution in [3.05, 3.63) is 23.8 Å². The zero-order valence-electron chi connectivity index (χ0n) is 13.0. The molecule has 0 heterocycles. The lowest BCUT2D eigenvalue weighted by molar-refractivity contribution is -0.116. The van der Waals surface area contributed by atoms with Gasteiger partial charge in [-0.2, -0.15) is 0 Å². The molecule has 1 saturated carbocycles. The van der Waals surface area contributed by atoms with E-state index >= 15 is 0 Å². The smallest absolute Gasteiger partial charge is 0.224 e. The summed E-state index contributed by atoms with van der Waals surface area (Å²) >= 11 is 0. The van der Waals surface area contributed by atoms with Gasteiger partial charge in [0.05, 0.1) is 0 Å². The van der Waals surface area contributed by atoms with Crippen LogP contribution in [0, 0.1) is 0 Å². The summed E-state index contributed by atoms with van der Waals surface area (Å²) in [5.41, 5.74) is 1.59. The van der Waals surface area contributed by atoms with Crippen LogP contribution in [0.25, 0.3) is 0 Å². The molecule has 1 aliphatic carbocycles. The van der Waals surface area contributed by atoms with Gasteiger partial charge in [-0.15, -0.1) is 0 Å². The average Bonchev–Trinajstić information content (AvgIpc) is 2.94. The lowest BCUT2D eigenvalue weighted by atomic mass is 10.0. The molecular weight excluding hydrogens is 264 g/mol. The highest BCUT2D eigenvalue weighted by atomic mass is 16.3. The van der Waals surface area contributed by atoms with E-state index in [0.717, 1.165) is 17.7 Å². The van der Waals surface area contributed by atoms with E-state index in [1.807, 2.05) is 13.0 Å². The Hall–Kier alpha value is -1.55. The van der Waals surface area contributed by atoms with Crippen LogP contribution >= 0.6 is 0 Å². The first-order valence-corrected chi connectivity index (χ1v) is 7.99. The average molecular weight is 290 g/mol. The van der Waals surface area contributed by atoms with E-state index in [4.69, 9.17) is 0 Å². The summed E-state index contributed by atoms with van der Waals surface area (Å²) < 4.78 is 0. The van der Waals surface area contributed by atoms with Gasteiger partial charge in [0.25, 0.3) is 0 Å². The lowest BCUT2D eigenvalue weighted by Gasteiger charge is -2.21. The molecule has 2 rings (SSSR count). The van der Waals surface area contributed by atoms with Crippen LogP contribution in [0.5, 0.6) is 5.75 Å². The minimum absolute atomic E-state index is 0.0190. The zero-order chi connectivity index (χ0) is 15.2. The van der Waals surface area contributed by atoms with E-state index in [-0.39, 0.29) is 17.7 Å². The van der Waals surface area contributed by atoms with E-state index in [1.54, 1.807) is 12.1 Å².